The molecule has 0 radical (unpaired) electrons. The molecular weight excluding hydrogens is 311 g/mol. The highest BCUT2D eigenvalue weighted by Gasteiger charge is 2.44. The normalized spacial score (nSPS) is 18.8. The fourth-order valence-corrected chi connectivity index (χ4v) is 2.50. The van der Waals surface area contributed by atoms with Gasteiger partial charge in [-0.15, -0.1) is 0 Å². The zero-order valence-electron chi connectivity index (χ0n) is 13.2. The number of amides is 1. The molecule has 0 aliphatic carbocycles. The quantitative estimate of drug-likeness (QED) is 0.851. The van der Waals surface area contributed by atoms with Crippen molar-refractivity contribution in [1.29, 1.82) is 0 Å². The fourth-order valence-electron chi connectivity index (χ4n) is 2.50. The van der Waals surface area contributed by atoms with Crippen molar-refractivity contribution in [1.82, 2.24) is 4.90 Å². The summed E-state index contributed by atoms with van der Waals surface area (Å²) in [4.78, 5) is 13.4. The average molecular weight is 331 g/mol. The van der Waals surface area contributed by atoms with E-state index in [1.54, 1.807) is 7.11 Å². The highest BCUT2D eigenvalue weighted by Crippen LogP contribution is 2.26. The molecule has 1 fully saturated rings. The number of hydrogen-bond acceptors (Lipinski definition) is 3. The van der Waals surface area contributed by atoms with Crippen LogP contribution in [0.3, 0.4) is 0 Å². The number of morpholine rings is 1. The molecule has 1 aliphatic heterocycles. The Kier molecular flexibility index (Phi) is 5.51. The molecule has 0 bridgehead atoms. The number of benzene rings is 1. The molecule has 0 aromatic heterocycles. The lowest BCUT2D eigenvalue weighted by Gasteiger charge is -2.33. The number of rotatable bonds is 4. The van der Waals surface area contributed by atoms with E-state index >= 15 is 0 Å². The number of alkyl halides is 3. The van der Waals surface area contributed by atoms with Crippen LogP contribution in [0.2, 0.25) is 0 Å². The molecule has 1 amide bonds. The second kappa shape index (κ2) is 7.21. The molecular formula is C16H20F3NO3. The molecule has 128 valence electrons. The minimum Gasteiger partial charge on any atom is -0.496 e. The Bertz CT molecular complexity index is 560. The lowest BCUT2D eigenvalue weighted by molar-refractivity contribution is -0.236. The minimum atomic E-state index is -4.44. The number of nitrogens with zero attached hydrogens (tertiary/aromatic N) is 1. The van der Waals surface area contributed by atoms with Gasteiger partial charge in [-0.1, -0.05) is 12.1 Å². The summed E-state index contributed by atoms with van der Waals surface area (Å²) in [6.45, 7) is 1.59. The third-order valence-corrected chi connectivity index (χ3v) is 3.88. The van der Waals surface area contributed by atoms with Gasteiger partial charge in [0.25, 0.3) is 0 Å². The molecule has 0 spiro atoms. The number of ether oxygens (including phenoxy) is 2. The van der Waals surface area contributed by atoms with Crippen LogP contribution in [-0.4, -0.2) is 49.9 Å². The first-order chi connectivity index (χ1) is 10.8. The number of methoxy groups -OCH3 is 1. The summed E-state index contributed by atoms with van der Waals surface area (Å²) in [7, 11) is 1.57. The summed E-state index contributed by atoms with van der Waals surface area (Å²) in [5, 5.41) is 0. The zero-order chi connectivity index (χ0) is 17.0. The highest BCUT2D eigenvalue weighted by atomic mass is 19.4. The van der Waals surface area contributed by atoms with Crippen molar-refractivity contribution in [2.45, 2.75) is 32.0 Å². The van der Waals surface area contributed by atoms with E-state index in [-0.39, 0.29) is 25.5 Å². The lowest BCUT2D eigenvalue weighted by Crippen LogP contribution is -2.51. The Labute approximate surface area is 133 Å². The minimum absolute atomic E-state index is 0.0890. The van der Waals surface area contributed by atoms with Crippen molar-refractivity contribution in [3.05, 3.63) is 29.3 Å². The van der Waals surface area contributed by atoms with Crippen LogP contribution in [0.4, 0.5) is 13.2 Å². The van der Waals surface area contributed by atoms with Gasteiger partial charge >= 0.3 is 6.18 Å². The Balaban J connectivity index is 1.92. The topological polar surface area (TPSA) is 38.8 Å². The van der Waals surface area contributed by atoms with Crippen LogP contribution in [0.1, 0.15) is 17.5 Å². The molecule has 7 heteroatoms. The smallest absolute Gasteiger partial charge is 0.416 e. The van der Waals surface area contributed by atoms with Gasteiger partial charge in [0.2, 0.25) is 5.91 Å². The standard InChI is InChI=1S/C16H20F3NO3/c1-11-3-4-12(9-13(11)22-2)5-6-15(21)20-7-8-23-14(10-20)16(17,18)19/h3-4,9,14H,5-8,10H2,1-2H3. The molecule has 4 nitrogen and oxygen atoms in total. The number of carbonyl (C=O) groups excluding carboxylic acids is 1. The molecule has 0 saturated carbocycles. The maximum absolute atomic E-state index is 12.7. The first-order valence-corrected chi connectivity index (χ1v) is 7.41. The van der Waals surface area contributed by atoms with Gasteiger partial charge in [-0.3, -0.25) is 4.79 Å². The average Bonchev–Trinajstić information content (AvgIpc) is 2.53. The summed E-state index contributed by atoms with van der Waals surface area (Å²) >= 11 is 0. The molecule has 1 aromatic rings. The van der Waals surface area contributed by atoms with E-state index in [1.807, 2.05) is 25.1 Å². The number of aryl methyl sites for hydroxylation is 2. The van der Waals surface area contributed by atoms with Crippen LogP contribution in [0, 0.1) is 6.92 Å². The first kappa shape index (κ1) is 17.6. The van der Waals surface area contributed by atoms with E-state index in [4.69, 9.17) is 9.47 Å². The van der Waals surface area contributed by atoms with Gasteiger partial charge in [-0.25, -0.2) is 0 Å². The SMILES string of the molecule is COc1cc(CCC(=O)N2CCOC(C(F)(F)F)C2)ccc1C. The fraction of sp³-hybridized carbons (Fsp3) is 0.562. The summed E-state index contributed by atoms with van der Waals surface area (Å²) < 4.78 is 47.9. The molecule has 1 heterocycles. The van der Waals surface area contributed by atoms with E-state index < -0.39 is 18.8 Å². The Hall–Kier alpha value is -1.76. The lowest BCUT2D eigenvalue weighted by atomic mass is 10.1. The van der Waals surface area contributed by atoms with E-state index in [2.05, 4.69) is 0 Å². The van der Waals surface area contributed by atoms with Gasteiger partial charge in [0.15, 0.2) is 6.10 Å². The molecule has 1 atom stereocenters. The van der Waals surface area contributed by atoms with Crippen molar-refractivity contribution in [2.24, 2.45) is 0 Å². The van der Waals surface area contributed by atoms with E-state index in [1.165, 1.54) is 4.90 Å². The molecule has 0 N–H and O–H groups in total. The second-order valence-electron chi connectivity index (χ2n) is 5.54. The number of halogens is 3. The van der Waals surface area contributed by atoms with Crippen LogP contribution in [0.25, 0.3) is 0 Å². The third-order valence-electron chi connectivity index (χ3n) is 3.88. The first-order valence-electron chi connectivity index (χ1n) is 7.41. The largest absolute Gasteiger partial charge is 0.496 e. The van der Waals surface area contributed by atoms with Crippen molar-refractivity contribution in [2.75, 3.05) is 26.8 Å². The summed E-state index contributed by atoms with van der Waals surface area (Å²) in [6, 6.07) is 5.64. The van der Waals surface area contributed by atoms with Crippen molar-refractivity contribution in [3.63, 3.8) is 0 Å². The van der Waals surface area contributed by atoms with Gasteiger partial charge in [0.05, 0.1) is 20.3 Å². The van der Waals surface area contributed by atoms with Crippen LogP contribution in [0.5, 0.6) is 5.75 Å². The summed E-state index contributed by atoms with van der Waals surface area (Å²) in [6.07, 6.45) is -5.71. The van der Waals surface area contributed by atoms with Gasteiger partial charge < -0.3 is 14.4 Å². The van der Waals surface area contributed by atoms with Crippen LogP contribution < -0.4 is 4.74 Å². The Morgan fingerprint density at radius 1 is 1.43 bits per heavy atom. The van der Waals surface area contributed by atoms with Gasteiger partial charge in [0, 0.05) is 13.0 Å². The van der Waals surface area contributed by atoms with Crippen LogP contribution in [-0.2, 0) is 16.0 Å². The molecule has 1 aliphatic rings. The van der Waals surface area contributed by atoms with Crippen molar-refractivity contribution in [3.8, 4) is 5.75 Å². The second-order valence-corrected chi connectivity index (χ2v) is 5.54. The zero-order valence-corrected chi connectivity index (χ0v) is 13.2. The van der Waals surface area contributed by atoms with Crippen molar-refractivity contribution >= 4 is 5.91 Å². The molecule has 1 saturated heterocycles. The van der Waals surface area contributed by atoms with Crippen molar-refractivity contribution < 1.29 is 27.4 Å². The molecule has 1 unspecified atom stereocenters. The maximum atomic E-state index is 12.7. The van der Waals surface area contributed by atoms with E-state index in [9.17, 15) is 18.0 Å². The van der Waals surface area contributed by atoms with Crippen LogP contribution >= 0.6 is 0 Å². The predicted molar refractivity (Wildman–Crippen MR) is 78.4 cm³/mol. The van der Waals surface area contributed by atoms with Crippen LogP contribution in [0.15, 0.2) is 18.2 Å². The Morgan fingerprint density at radius 2 is 2.17 bits per heavy atom. The molecule has 23 heavy (non-hydrogen) atoms. The summed E-state index contributed by atoms with van der Waals surface area (Å²) in [5.74, 6) is 0.445. The van der Waals surface area contributed by atoms with Gasteiger partial charge in [-0.05, 0) is 30.5 Å². The van der Waals surface area contributed by atoms with E-state index in [0.717, 1.165) is 16.9 Å². The predicted octanol–water partition coefficient (Wildman–Crippen LogP) is 2.73. The molecule has 1 aromatic carbocycles. The van der Waals surface area contributed by atoms with Gasteiger partial charge in [0.1, 0.15) is 5.75 Å². The number of hydrogen-bond donors (Lipinski definition) is 0. The monoisotopic (exact) mass is 331 g/mol. The van der Waals surface area contributed by atoms with Gasteiger partial charge in [-0.2, -0.15) is 13.2 Å². The Morgan fingerprint density at radius 3 is 2.83 bits per heavy atom. The molecule has 2 rings (SSSR count). The summed E-state index contributed by atoms with van der Waals surface area (Å²) in [5.41, 5.74) is 1.91. The number of carbonyl (C=O) groups is 1. The van der Waals surface area contributed by atoms with E-state index in [0.29, 0.717) is 6.42 Å². The highest BCUT2D eigenvalue weighted by molar-refractivity contribution is 5.76. The third kappa shape index (κ3) is 4.60. The maximum Gasteiger partial charge on any atom is 0.416 e.